The molecule has 1 fully saturated rings. The molecule has 126 valence electrons. The summed E-state index contributed by atoms with van der Waals surface area (Å²) in [6.45, 7) is 7.49. The van der Waals surface area contributed by atoms with Gasteiger partial charge in [-0.05, 0) is 39.2 Å². The highest BCUT2D eigenvalue weighted by atomic mass is 19.4. The number of pyridine rings is 1. The summed E-state index contributed by atoms with van der Waals surface area (Å²) >= 11 is 0. The van der Waals surface area contributed by atoms with Crippen LogP contribution in [0.2, 0.25) is 0 Å². The number of aromatic nitrogens is 1. The van der Waals surface area contributed by atoms with Crippen molar-refractivity contribution in [3.8, 4) is 0 Å². The lowest BCUT2D eigenvalue weighted by Gasteiger charge is -2.32. The normalized spacial score (nSPS) is 20.9. The molecule has 1 aliphatic heterocycles. The third-order valence-electron chi connectivity index (χ3n) is 4.29. The average Bonchev–Trinajstić information content (AvgIpc) is 2.64. The number of halogens is 3. The minimum atomic E-state index is -4.47. The van der Waals surface area contributed by atoms with E-state index in [2.05, 4.69) is 4.98 Å². The van der Waals surface area contributed by atoms with Gasteiger partial charge in [0.1, 0.15) is 0 Å². The Hall–Kier alpha value is -1.38. The summed E-state index contributed by atoms with van der Waals surface area (Å²) in [4.78, 5) is 3.76. The molecule has 0 aliphatic carbocycles. The molecule has 0 bridgehead atoms. The Bertz CT molecular complexity index is 599. The van der Waals surface area contributed by atoms with E-state index in [1.807, 2.05) is 27.7 Å². The molecule has 0 saturated carbocycles. The quantitative estimate of drug-likeness (QED) is 0.867. The van der Waals surface area contributed by atoms with Crippen molar-refractivity contribution in [1.82, 2.24) is 4.98 Å². The van der Waals surface area contributed by atoms with Gasteiger partial charge in [0.15, 0.2) is 0 Å². The summed E-state index contributed by atoms with van der Waals surface area (Å²) in [6, 6.07) is 0.935. The van der Waals surface area contributed by atoms with Crippen LogP contribution in [0.3, 0.4) is 0 Å². The SMILES string of the molecule is CC1(C)OB(C(=Cc2cnccc2C(F)(F)F)CN)OC1(C)C. The molecule has 0 aromatic carbocycles. The van der Waals surface area contributed by atoms with E-state index < -0.39 is 30.1 Å². The van der Waals surface area contributed by atoms with Crippen molar-refractivity contribution in [3.05, 3.63) is 35.1 Å². The maximum atomic E-state index is 13.1. The van der Waals surface area contributed by atoms with E-state index in [0.29, 0.717) is 5.47 Å². The monoisotopic (exact) mass is 328 g/mol. The number of hydrogen-bond donors (Lipinski definition) is 1. The van der Waals surface area contributed by atoms with Crippen LogP contribution >= 0.6 is 0 Å². The van der Waals surface area contributed by atoms with Crippen LogP contribution in [0.25, 0.3) is 6.08 Å². The van der Waals surface area contributed by atoms with Gasteiger partial charge in [-0.1, -0.05) is 6.08 Å². The minimum absolute atomic E-state index is 0.0169. The smallest absolute Gasteiger partial charge is 0.400 e. The van der Waals surface area contributed by atoms with Crippen molar-refractivity contribution in [3.63, 3.8) is 0 Å². The van der Waals surface area contributed by atoms with Gasteiger partial charge < -0.3 is 15.0 Å². The van der Waals surface area contributed by atoms with Crippen molar-refractivity contribution >= 4 is 13.2 Å². The van der Waals surface area contributed by atoms with Gasteiger partial charge in [-0.15, -0.1) is 0 Å². The van der Waals surface area contributed by atoms with E-state index in [0.717, 1.165) is 18.5 Å². The van der Waals surface area contributed by atoms with E-state index in [-0.39, 0.29) is 12.1 Å². The van der Waals surface area contributed by atoms with E-state index in [9.17, 15) is 13.2 Å². The average molecular weight is 328 g/mol. The molecule has 0 atom stereocenters. The molecule has 0 spiro atoms. The number of hydrogen-bond acceptors (Lipinski definition) is 4. The van der Waals surface area contributed by atoms with E-state index >= 15 is 0 Å². The lowest BCUT2D eigenvalue weighted by Crippen LogP contribution is -2.41. The Morgan fingerprint density at radius 3 is 2.30 bits per heavy atom. The number of nitrogens with zero attached hydrogens (tertiary/aromatic N) is 1. The summed E-state index contributed by atoms with van der Waals surface area (Å²) in [6.07, 6.45) is -0.858. The third-order valence-corrected chi connectivity index (χ3v) is 4.29. The second-order valence-electron chi connectivity index (χ2n) is 6.47. The fourth-order valence-electron chi connectivity index (χ4n) is 2.20. The molecule has 1 aromatic heterocycles. The van der Waals surface area contributed by atoms with Gasteiger partial charge in [0.2, 0.25) is 0 Å². The fraction of sp³-hybridized carbons (Fsp3) is 0.533. The summed E-state index contributed by atoms with van der Waals surface area (Å²) in [5.41, 5.74) is 4.13. The highest BCUT2D eigenvalue weighted by Crippen LogP contribution is 2.39. The van der Waals surface area contributed by atoms with Gasteiger partial charge in [0, 0.05) is 24.5 Å². The Morgan fingerprint density at radius 2 is 1.83 bits per heavy atom. The van der Waals surface area contributed by atoms with Gasteiger partial charge >= 0.3 is 13.3 Å². The first-order valence-corrected chi connectivity index (χ1v) is 7.25. The summed E-state index contributed by atoms with van der Waals surface area (Å²) in [5.74, 6) is 0. The Morgan fingerprint density at radius 1 is 1.26 bits per heavy atom. The standard InChI is InChI=1S/C15H20BF3N2O2/c1-13(2)14(3,4)23-16(22-13)11(8-20)7-10-9-21-6-5-12(10)15(17,18)19/h5-7,9H,8,20H2,1-4H3. The van der Waals surface area contributed by atoms with Crippen molar-refractivity contribution in [1.29, 1.82) is 0 Å². The van der Waals surface area contributed by atoms with Crippen LogP contribution in [0.5, 0.6) is 0 Å². The van der Waals surface area contributed by atoms with E-state index in [4.69, 9.17) is 15.0 Å². The zero-order chi connectivity index (χ0) is 17.5. The molecular weight excluding hydrogens is 308 g/mol. The maximum absolute atomic E-state index is 13.1. The second-order valence-corrected chi connectivity index (χ2v) is 6.47. The highest BCUT2D eigenvalue weighted by molar-refractivity contribution is 6.55. The predicted molar refractivity (Wildman–Crippen MR) is 82.4 cm³/mol. The largest absolute Gasteiger partial charge is 0.491 e. The molecule has 0 amide bonds. The third kappa shape index (κ3) is 3.59. The molecule has 1 aromatic rings. The van der Waals surface area contributed by atoms with Crippen molar-refractivity contribution in [2.24, 2.45) is 5.73 Å². The summed E-state index contributed by atoms with van der Waals surface area (Å²) in [5, 5.41) is 0. The molecule has 1 saturated heterocycles. The predicted octanol–water partition coefficient (Wildman–Crippen LogP) is 3.07. The van der Waals surface area contributed by atoms with Crippen molar-refractivity contribution in [2.45, 2.75) is 45.1 Å². The topological polar surface area (TPSA) is 57.4 Å². The Labute approximate surface area is 134 Å². The number of rotatable bonds is 3. The van der Waals surface area contributed by atoms with Gasteiger partial charge in [-0.2, -0.15) is 13.2 Å². The van der Waals surface area contributed by atoms with Gasteiger partial charge in [-0.25, -0.2) is 0 Å². The molecule has 2 rings (SSSR count). The Balaban J connectivity index is 2.39. The molecule has 8 heteroatoms. The lowest BCUT2D eigenvalue weighted by atomic mass is 9.77. The van der Waals surface area contributed by atoms with E-state index in [1.165, 1.54) is 6.08 Å². The molecule has 0 radical (unpaired) electrons. The number of nitrogens with two attached hydrogens (primary N) is 1. The van der Waals surface area contributed by atoms with Crippen LogP contribution in [-0.4, -0.2) is 29.8 Å². The molecule has 1 aliphatic rings. The molecule has 23 heavy (non-hydrogen) atoms. The fourth-order valence-corrected chi connectivity index (χ4v) is 2.20. The molecular formula is C15H20BF3N2O2. The minimum Gasteiger partial charge on any atom is -0.400 e. The molecule has 2 heterocycles. The van der Waals surface area contributed by atoms with Crippen LogP contribution in [0.15, 0.2) is 23.9 Å². The first-order chi connectivity index (χ1) is 10.5. The first-order valence-electron chi connectivity index (χ1n) is 7.25. The van der Waals surface area contributed by atoms with Gasteiger partial charge in [-0.3, -0.25) is 4.98 Å². The molecule has 2 N–H and O–H groups in total. The van der Waals surface area contributed by atoms with E-state index in [1.54, 1.807) is 0 Å². The molecule has 0 unspecified atom stereocenters. The van der Waals surface area contributed by atoms with Crippen LogP contribution in [0.1, 0.15) is 38.8 Å². The maximum Gasteiger partial charge on any atom is 0.491 e. The summed E-state index contributed by atoms with van der Waals surface area (Å²) < 4.78 is 50.9. The van der Waals surface area contributed by atoms with Crippen molar-refractivity contribution < 1.29 is 22.5 Å². The molecule has 4 nitrogen and oxygen atoms in total. The number of alkyl halides is 3. The second kappa shape index (κ2) is 5.92. The van der Waals surface area contributed by atoms with Crippen LogP contribution < -0.4 is 5.73 Å². The van der Waals surface area contributed by atoms with Gasteiger partial charge in [0.25, 0.3) is 0 Å². The lowest BCUT2D eigenvalue weighted by molar-refractivity contribution is -0.137. The first kappa shape index (κ1) is 18.0. The summed E-state index contributed by atoms with van der Waals surface area (Å²) in [7, 11) is -0.786. The van der Waals surface area contributed by atoms with Crippen LogP contribution in [-0.2, 0) is 15.5 Å². The highest BCUT2D eigenvalue weighted by Gasteiger charge is 2.52. The Kier molecular flexibility index (Phi) is 4.63. The van der Waals surface area contributed by atoms with Gasteiger partial charge in [0.05, 0.1) is 16.8 Å². The zero-order valence-corrected chi connectivity index (χ0v) is 13.6. The van der Waals surface area contributed by atoms with Crippen molar-refractivity contribution in [2.75, 3.05) is 6.54 Å². The zero-order valence-electron chi connectivity index (χ0n) is 13.6. The van der Waals surface area contributed by atoms with Crippen LogP contribution in [0.4, 0.5) is 13.2 Å². The van der Waals surface area contributed by atoms with Crippen LogP contribution in [0, 0.1) is 0 Å².